The lowest BCUT2D eigenvalue weighted by Gasteiger charge is -2.44. The lowest BCUT2D eigenvalue weighted by Crippen LogP contribution is -2.48. The number of allylic oxidation sites excluding steroid dienone is 8. The molecule has 2 aliphatic heterocycles. The maximum Gasteiger partial charge on any atom is 0.0992 e. The molecule has 6 aromatic rings. The molecule has 2 atom stereocenters. The Morgan fingerprint density at radius 1 is 0.678 bits per heavy atom. The van der Waals surface area contributed by atoms with Gasteiger partial charge < -0.3 is 10.2 Å². The Kier molecular flexibility index (Phi) is 9.00. The van der Waals surface area contributed by atoms with E-state index in [2.05, 4.69) is 193 Å². The number of hydrogen-bond donors (Lipinski definition) is 1. The predicted octanol–water partition coefficient (Wildman–Crippen LogP) is 11.8. The molecular formula is C55H42N4. The summed E-state index contributed by atoms with van der Waals surface area (Å²) in [7, 11) is 2.21. The maximum absolute atomic E-state index is 10.2. The third kappa shape index (κ3) is 6.67. The first-order chi connectivity index (χ1) is 28.9. The van der Waals surface area contributed by atoms with Crippen LogP contribution in [0.4, 0.5) is 0 Å². The number of fused-ring (bicyclic) bond motifs is 3. The van der Waals surface area contributed by atoms with Gasteiger partial charge in [-0.3, -0.25) is 4.98 Å². The van der Waals surface area contributed by atoms with Crippen molar-refractivity contribution in [3.05, 3.63) is 250 Å². The van der Waals surface area contributed by atoms with Crippen LogP contribution in [0.5, 0.6) is 0 Å². The fourth-order valence-electron chi connectivity index (χ4n) is 8.96. The van der Waals surface area contributed by atoms with Gasteiger partial charge in [-0.15, -0.1) is 0 Å². The number of dihydropyridines is 1. The Labute approximate surface area is 346 Å². The van der Waals surface area contributed by atoms with Crippen LogP contribution in [0.15, 0.2) is 211 Å². The number of pyridine rings is 1. The van der Waals surface area contributed by atoms with E-state index < -0.39 is 0 Å². The predicted molar refractivity (Wildman–Crippen MR) is 241 cm³/mol. The summed E-state index contributed by atoms with van der Waals surface area (Å²) in [5.74, 6) is 0. The summed E-state index contributed by atoms with van der Waals surface area (Å²) < 4.78 is 0. The molecule has 1 aromatic heterocycles. The molecule has 0 amide bonds. The number of rotatable bonds is 6. The van der Waals surface area contributed by atoms with Crippen LogP contribution in [-0.2, 0) is 12.0 Å². The average molecular weight is 759 g/mol. The molecule has 0 radical (unpaired) electrons. The van der Waals surface area contributed by atoms with Gasteiger partial charge >= 0.3 is 0 Å². The number of likely N-dealkylation sites (N-methyl/N-ethyl adjacent to an activating group) is 1. The highest BCUT2D eigenvalue weighted by Gasteiger charge is 2.37. The van der Waals surface area contributed by atoms with Crippen LogP contribution in [0.2, 0.25) is 0 Å². The topological polar surface area (TPSA) is 52.0 Å². The Morgan fingerprint density at radius 2 is 1.41 bits per heavy atom. The lowest BCUT2D eigenvalue weighted by atomic mass is 9.81. The van der Waals surface area contributed by atoms with Gasteiger partial charge in [-0.1, -0.05) is 152 Å². The summed E-state index contributed by atoms with van der Waals surface area (Å²) in [4.78, 5) is 6.92. The maximum atomic E-state index is 10.2. The van der Waals surface area contributed by atoms with E-state index in [0.29, 0.717) is 5.56 Å². The second-order valence-corrected chi connectivity index (χ2v) is 15.8. The molecule has 4 heteroatoms. The van der Waals surface area contributed by atoms with Crippen molar-refractivity contribution in [2.24, 2.45) is 0 Å². The fraction of sp³-hybridized carbons (Fsp3) is 0.0909. The molecule has 0 spiro atoms. The van der Waals surface area contributed by atoms with Crippen molar-refractivity contribution in [3.8, 4) is 28.5 Å². The van der Waals surface area contributed by atoms with Gasteiger partial charge in [-0.2, -0.15) is 5.26 Å². The molecule has 4 nitrogen and oxygen atoms in total. The first kappa shape index (κ1) is 35.9. The van der Waals surface area contributed by atoms with Crippen LogP contribution >= 0.6 is 0 Å². The zero-order chi connectivity index (χ0) is 39.9. The van der Waals surface area contributed by atoms with Crippen molar-refractivity contribution in [3.63, 3.8) is 0 Å². The molecule has 0 bridgehead atoms. The van der Waals surface area contributed by atoms with Crippen molar-refractivity contribution in [1.82, 2.24) is 15.2 Å². The minimum absolute atomic E-state index is 0.0818. The summed E-state index contributed by atoms with van der Waals surface area (Å²) in [5.41, 5.74) is 18.8. The molecule has 4 aliphatic rings. The Bertz CT molecular complexity index is 2880. The molecule has 10 rings (SSSR count). The summed E-state index contributed by atoms with van der Waals surface area (Å²) >= 11 is 0. The molecule has 2 unspecified atom stereocenters. The summed E-state index contributed by atoms with van der Waals surface area (Å²) in [6.07, 6.45) is 20.7. The third-order valence-corrected chi connectivity index (χ3v) is 12.2. The van der Waals surface area contributed by atoms with Crippen LogP contribution in [0, 0.1) is 11.3 Å². The zero-order valence-electron chi connectivity index (χ0n) is 33.1. The average Bonchev–Trinajstić information content (AvgIpc) is 3.50. The molecule has 5 aromatic carbocycles. The molecule has 2 aliphatic carbocycles. The number of aromatic nitrogens is 1. The van der Waals surface area contributed by atoms with Gasteiger partial charge in [-0.25, -0.2) is 0 Å². The smallest absolute Gasteiger partial charge is 0.0992 e. The molecular weight excluding hydrogens is 717 g/mol. The van der Waals surface area contributed by atoms with Crippen molar-refractivity contribution >= 4 is 16.8 Å². The van der Waals surface area contributed by atoms with Crippen molar-refractivity contribution < 1.29 is 0 Å². The molecule has 282 valence electrons. The van der Waals surface area contributed by atoms with Crippen LogP contribution in [0.25, 0.3) is 39.2 Å². The first-order valence-electron chi connectivity index (χ1n) is 20.2. The minimum Gasteiger partial charge on any atom is -0.373 e. The van der Waals surface area contributed by atoms with Crippen molar-refractivity contribution in [2.75, 3.05) is 7.05 Å². The van der Waals surface area contributed by atoms with Crippen LogP contribution in [0.3, 0.4) is 0 Å². The van der Waals surface area contributed by atoms with E-state index in [-0.39, 0.29) is 11.6 Å². The second-order valence-electron chi connectivity index (χ2n) is 15.8. The molecule has 59 heavy (non-hydrogen) atoms. The zero-order valence-corrected chi connectivity index (χ0v) is 33.1. The molecule has 0 fully saturated rings. The number of benzene rings is 5. The number of nitrogens with one attached hydrogen (secondary N) is 1. The normalized spacial score (nSPS) is 19.1. The Morgan fingerprint density at radius 3 is 2.20 bits per heavy atom. The molecule has 0 saturated carbocycles. The van der Waals surface area contributed by atoms with Crippen LogP contribution in [0.1, 0.15) is 45.9 Å². The number of hydrogen-bond acceptors (Lipinski definition) is 4. The second kappa shape index (κ2) is 14.8. The van der Waals surface area contributed by atoms with E-state index >= 15 is 0 Å². The van der Waals surface area contributed by atoms with Gasteiger partial charge in [-0.05, 0) is 117 Å². The van der Waals surface area contributed by atoms with Gasteiger partial charge in [0.15, 0.2) is 0 Å². The standard InChI is InChI=1S/C55H42N4/c1-55(48-11-4-3-5-12-48)30-29-42-23-24-43-26-28-52(59(2)54(43)53(42)58-55)41-21-17-38(18-22-41)44-25-27-50(49-13-7-6-10-45(49)34-44)47-33-37(36-56)32-46(35-47)39-15-19-40(20-16-39)51-14-8-9-31-57-51/h3-33,35,54,58H,34H2,1-2H3. The lowest BCUT2D eigenvalue weighted by molar-refractivity contribution is 0.376. The SMILES string of the molecule is CN1C(c2ccc(C3=CC=C(c4cc(C#N)cc(-c5ccc(-c6ccccn6)cc5)c4)c4ccccc4C3)cc2)=CC=C2C=CC3=C(NC(C)(c4ccccc4)C=C3)C21. The minimum atomic E-state index is -0.298. The van der Waals surface area contributed by atoms with E-state index in [1.54, 1.807) is 0 Å². The van der Waals surface area contributed by atoms with Gasteiger partial charge in [0.2, 0.25) is 0 Å². The van der Waals surface area contributed by atoms with E-state index in [4.69, 9.17) is 0 Å². The van der Waals surface area contributed by atoms with E-state index in [1.807, 2.05) is 36.5 Å². The molecule has 0 saturated heterocycles. The van der Waals surface area contributed by atoms with Crippen molar-refractivity contribution in [1.29, 1.82) is 5.26 Å². The monoisotopic (exact) mass is 758 g/mol. The Balaban J connectivity index is 0.944. The highest BCUT2D eigenvalue weighted by atomic mass is 15.2. The van der Waals surface area contributed by atoms with Crippen molar-refractivity contribution in [2.45, 2.75) is 24.9 Å². The molecule has 3 heterocycles. The highest BCUT2D eigenvalue weighted by Crippen LogP contribution is 2.41. The highest BCUT2D eigenvalue weighted by molar-refractivity contribution is 5.89. The quantitative estimate of drug-likeness (QED) is 0.184. The van der Waals surface area contributed by atoms with Crippen LogP contribution in [-0.4, -0.2) is 23.0 Å². The third-order valence-electron chi connectivity index (χ3n) is 12.2. The largest absolute Gasteiger partial charge is 0.373 e. The van der Waals surface area contributed by atoms with Gasteiger partial charge in [0, 0.05) is 30.2 Å². The molecule has 1 N–H and O–H groups in total. The van der Waals surface area contributed by atoms with E-state index in [0.717, 1.165) is 39.9 Å². The number of nitriles is 1. The van der Waals surface area contributed by atoms with Gasteiger partial charge in [0.25, 0.3) is 0 Å². The fourth-order valence-corrected chi connectivity index (χ4v) is 8.96. The van der Waals surface area contributed by atoms with E-state index in [9.17, 15) is 5.26 Å². The van der Waals surface area contributed by atoms with Gasteiger partial charge in [0.1, 0.15) is 0 Å². The first-order valence-corrected chi connectivity index (χ1v) is 20.2. The van der Waals surface area contributed by atoms with Gasteiger partial charge in [0.05, 0.1) is 28.9 Å². The summed E-state index contributed by atoms with van der Waals surface area (Å²) in [6, 6.07) is 51.5. The Hall–Kier alpha value is -7.48. The van der Waals surface area contributed by atoms with Crippen LogP contribution < -0.4 is 5.32 Å². The number of nitrogens with zero attached hydrogens (tertiary/aromatic N) is 3. The summed E-state index contributed by atoms with van der Waals surface area (Å²) in [5, 5.41) is 14.1. The summed E-state index contributed by atoms with van der Waals surface area (Å²) in [6.45, 7) is 2.26. The van der Waals surface area contributed by atoms with E-state index in [1.165, 1.54) is 55.9 Å².